The van der Waals surface area contributed by atoms with E-state index in [0.29, 0.717) is 23.9 Å². The lowest BCUT2D eigenvalue weighted by molar-refractivity contribution is 0.105. The van der Waals surface area contributed by atoms with E-state index >= 15 is 0 Å². The van der Waals surface area contributed by atoms with Gasteiger partial charge in [0.1, 0.15) is 11.8 Å². The molecule has 1 saturated heterocycles. The number of halogens is 1. The molecule has 1 aliphatic heterocycles. The second-order valence-electron chi connectivity index (χ2n) is 3.81. The van der Waals surface area contributed by atoms with Gasteiger partial charge in [-0.05, 0) is 12.8 Å². The van der Waals surface area contributed by atoms with Gasteiger partial charge in [0.05, 0.1) is 0 Å². The molecule has 0 aromatic carbocycles. The van der Waals surface area contributed by atoms with Gasteiger partial charge in [-0.25, -0.2) is 9.97 Å². The van der Waals surface area contributed by atoms with Crippen LogP contribution in [0.1, 0.15) is 24.8 Å². The average Bonchev–Trinajstić information content (AvgIpc) is 2.84. The Kier molecular flexibility index (Phi) is 3.81. The van der Waals surface area contributed by atoms with Crippen molar-refractivity contribution in [1.29, 1.82) is 0 Å². The minimum atomic E-state index is -0.0719. The highest BCUT2D eigenvalue weighted by molar-refractivity contribution is 6.32. The topological polar surface area (TPSA) is 73.1 Å². The van der Waals surface area contributed by atoms with Crippen LogP contribution in [0.25, 0.3) is 0 Å². The van der Waals surface area contributed by atoms with E-state index in [4.69, 9.17) is 22.1 Å². The van der Waals surface area contributed by atoms with Crippen molar-refractivity contribution in [3.05, 3.63) is 23.6 Å². The molecule has 0 radical (unpaired) electrons. The molecule has 0 spiro atoms. The number of hydrogen-bond acceptors (Lipinski definition) is 5. The molecule has 2 rings (SSSR count). The molecule has 92 valence electrons. The van der Waals surface area contributed by atoms with E-state index in [2.05, 4.69) is 21.9 Å². The van der Waals surface area contributed by atoms with Crippen LogP contribution in [0.15, 0.2) is 12.7 Å². The Morgan fingerprint density at radius 3 is 3.06 bits per heavy atom. The van der Waals surface area contributed by atoms with Gasteiger partial charge in [0.25, 0.3) is 0 Å². The van der Waals surface area contributed by atoms with Gasteiger partial charge in [-0.15, -0.1) is 6.58 Å². The van der Waals surface area contributed by atoms with Crippen LogP contribution >= 0.6 is 11.6 Å². The van der Waals surface area contributed by atoms with Gasteiger partial charge in [0.2, 0.25) is 0 Å². The number of nitrogens with one attached hydrogen (secondary N) is 1. The first-order valence-electron chi connectivity index (χ1n) is 5.51. The summed E-state index contributed by atoms with van der Waals surface area (Å²) in [7, 11) is 0. The van der Waals surface area contributed by atoms with Gasteiger partial charge in [-0.3, -0.25) is 0 Å². The second-order valence-corrected chi connectivity index (χ2v) is 4.16. The summed E-state index contributed by atoms with van der Waals surface area (Å²) in [5.41, 5.74) is 6.15. The van der Waals surface area contributed by atoms with Crippen LogP contribution in [-0.4, -0.2) is 23.1 Å². The van der Waals surface area contributed by atoms with Gasteiger partial charge < -0.3 is 15.8 Å². The summed E-state index contributed by atoms with van der Waals surface area (Å²) in [6.07, 6.45) is 3.59. The maximum absolute atomic E-state index is 5.98. The molecule has 5 nitrogen and oxygen atoms in total. The predicted octanol–water partition coefficient (Wildman–Crippen LogP) is 2.16. The van der Waals surface area contributed by atoms with Crippen molar-refractivity contribution in [1.82, 2.24) is 9.97 Å². The maximum atomic E-state index is 5.98. The van der Waals surface area contributed by atoms with Gasteiger partial charge in [0, 0.05) is 13.2 Å². The van der Waals surface area contributed by atoms with E-state index in [9.17, 15) is 0 Å². The van der Waals surface area contributed by atoms with Crippen molar-refractivity contribution < 1.29 is 4.74 Å². The number of aromatic nitrogens is 2. The first-order chi connectivity index (χ1) is 8.22. The first-order valence-corrected chi connectivity index (χ1v) is 5.89. The summed E-state index contributed by atoms with van der Waals surface area (Å²) in [4.78, 5) is 8.51. The number of hydrogen-bond donors (Lipinski definition) is 2. The van der Waals surface area contributed by atoms with Crippen molar-refractivity contribution in [2.45, 2.75) is 18.9 Å². The fraction of sp³-hybridized carbons (Fsp3) is 0.455. The molecule has 2 heterocycles. The maximum Gasteiger partial charge on any atom is 0.161 e. The van der Waals surface area contributed by atoms with Gasteiger partial charge in [-0.1, -0.05) is 17.7 Å². The summed E-state index contributed by atoms with van der Waals surface area (Å²) in [6.45, 7) is 4.94. The van der Waals surface area contributed by atoms with Gasteiger partial charge in [0.15, 0.2) is 16.8 Å². The minimum Gasteiger partial charge on any atom is -0.393 e. The highest BCUT2D eigenvalue weighted by Crippen LogP contribution is 2.31. The monoisotopic (exact) mass is 254 g/mol. The van der Waals surface area contributed by atoms with Crippen molar-refractivity contribution in [3.8, 4) is 0 Å². The minimum absolute atomic E-state index is 0.0719. The van der Waals surface area contributed by atoms with Crippen molar-refractivity contribution in [2.75, 3.05) is 24.2 Å². The molecule has 0 bridgehead atoms. The fourth-order valence-electron chi connectivity index (χ4n) is 1.69. The van der Waals surface area contributed by atoms with E-state index in [0.717, 1.165) is 19.4 Å². The van der Waals surface area contributed by atoms with Crippen LogP contribution in [0.5, 0.6) is 0 Å². The third kappa shape index (κ3) is 2.68. The molecule has 0 aliphatic carbocycles. The molecule has 1 atom stereocenters. The van der Waals surface area contributed by atoms with Crippen molar-refractivity contribution in [2.24, 2.45) is 0 Å². The molecule has 0 amide bonds. The molecule has 1 aromatic heterocycles. The molecule has 0 saturated carbocycles. The molecule has 3 N–H and O–H groups in total. The normalized spacial score (nSPS) is 19.2. The van der Waals surface area contributed by atoms with Crippen molar-refractivity contribution in [3.63, 3.8) is 0 Å². The Morgan fingerprint density at radius 1 is 1.59 bits per heavy atom. The largest absolute Gasteiger partial charge is 0.393 e. The third-order valence-electron chi connectivity index (χ3n) is 2.55. The third-order valence-corrected chi connectivity index (χ3v) is 2.84. The zero-order valence-corrected chi connectivity index (χ0v) is 10.2. The smallest absolute Gasteiger partial charge is 0.161 e. The van der Waals surface area contributed by atoms with Crippen LogP contribution in [0, 0.1) is 0 Å². The van der Waals surface area contributed by atoms with Crippen molar-refractivity contribution >= 4 is 23.1 Å². The van der Waals surface area contributed by atoms with Gasteiger partial charge >= 0.3 is 0 Å². The Morgan fingerprint density at radius 2 is 2.41 bits per heavy atom. The molecule has 1 aromatic rings. The lowest BCUT2D eigenvalue weighted by atomic mass is 10.2. The quantitative estimate of drug-likeness (QED) is 0.636. The number of nitrogens with zero attached hydrogens (tertiary/aromatic N) is 2. The Labute approximate surface area is 105 Å². The van der Waals surface area contributed by atoms with Gasteiger partial charge in [-0.2, -0.15) is 0 Å². The summed E-state index contributed by atoms with van der Waals surface area (Å²) >= 11 is 5.98. The van der Waals surface area contributed by atoms with E-state index in [1.807, 2.05) is 0 Å². The number of rotatable bonds is 4. The lowest BCUT2D eigenvalue weighted by Crippen LogP contribution is -2.11. The van der Waals surface area contributed by atoms with E-state index in [-0.39, 0.29) is 11.3 Å². The number of anilines is 2. The molecule has 6 heteroatoms. The fourth-order valence-corrected chi connectivity index (χ4v) is 1.86. The Hall–Kier alpha value is -1.33. The Bertz CT molecular complexity index is 418. The Balaban J connectivity index is 2.27. The predicted molar refractivity (Wildman–Crippen MR) is 68.1 cm³/mol. The number of nitrogens with two attached hydrogens (primary N) is 1. The standard InChI is InChI=1S/C11H15ClN4O/c1-2-5-14-11-8(13)9(12)15-10(16-11)7-4-3-6-17-7/h2,7H,1,3-6,13H2,(H,14,15,16). The first kappa shape index (κ1) is 12.1. The highest BCUT2D eigenvalue weighted by atomic mass is 35.5. The van der Waals surface area contributed by atoms with Crippen LogP contribution in [0.2, 0.25) is 5.15 Å². The summed E-state index contributed by atoms with van der Waals surface area (Å²) in [5.74, 6) is 1.13. The van der Waals surface area contributed by atoms with Crippen LogP contribution in [0.3, 0.4) is 0 Å². The average molecular weight is 255 g/mol. The second kappa shape index (κ2) is 5.33. The lowest BCUT2D eigenvalue weighted by Gasteiger charge is -2.13. The zero-order chi connectivity index (χ0) is 12.3. The molecule has 17 heavy (non-hydrogen) atoms. The summed E-state index contributed by atoms with van der Waals surface area (Å²) in [5, 5.41) is 3.29. The number of nitrogen functional groups attached to an aromatic ring is 1. The van der Waals surface area contributed by atoms with E-state index in [1.54, 1.807) is 6.08 Å². The highest BCUT2D eigenvalue weighted by Gasteiger charge is 2.22. The van der Waals surface area contributed by atoms with Crippen LogP contribution in [-0.2, 0) is 4.74 Å². The summed E-state index contributed by atoms with van der Waals surface area (Å²) < 4.78 is 5.52. The van der Waals surface area contributed by atoms with E-state index < -0.39 is 0 Å². The zero-order valence-electron chi connectivity index (χ0n) is 9.45. The molecule has 1 unspecified atom stereocenters. The van der Waals surface area contributed by atoms with Crippen LogP contribution in [0.4, 0.5) is 11.5 Å². The van der Waals surface area contributed by atoms with E-state index in [1.165, 1.54) is 0 Å². The molecule has 1 fully saturated rings. The molecular formula is C11H15ClN4O. The van der Waals surface area contributed by atoms with Crippen LogP contribution < -0.4 is 11.1 Å². The number of ether oxygens (including phenoxy) is 1. The SMILES string of the molecule is C=CCNc1nc(C2CCCO2)nc(Cl)c1N. The summed E-state index contributed by atoms with van der Waals surface area (Å²) in [6, 6.07) is 0. The molecular weight excluding hydrogens is 240 g/mol. The molecule has 1 aliphatic rings.